The van der Waals surface area contributed by atoms with Crippen LogP contribution < -0.4 is 5.32 Å². The lowest BCUT2D eigenvalue weighted by atomic mass is 9.75. The average molecular weight is 640 g/mol. The number of alkyl carbamates (subject to hydrolysis) is 1. The number of likely N-dealkylation sites (N-methyl/N-ethyl adjacent to an activating group) is 1. The van der Waals surface area contributed by atoms with E-state index >= 15 is 0 Å². The van der Waals surface area contributed by atoms with Crippen LogP contribution in [-0.4, -0.2) is 117 Å². The van der Waals surface area contributed by atoms with Gasteiger partial charge in [0, 0.05) is 44.1 Å². The molecular formula is C34H61N3O8. The van der Waals surface area contributed by atoms with Crippen LogP contribution in [-0.2, 0) is 33.3 Å². The third-order valence-electron chi connectivity index (χ3n) is 9.99. The number of carbonyl (C=O) groups excluding carboxylic acids is 3. The number of amides is 1. The number of hydrogen-bond donors (Lipinski definition) is 1. The maximum atomic E-state index is 13.9. The number of methoxy groups -OCH3 is 1. The monoisotopic (exact) mass is 639 g/mol. The van der Waals surface area contributed by atoms with E-state index in [1.54, 1.807) is 14.0 Å². The molecule has 0 radical (unpaired) electrons. The number of ketones is 1. The van der Waals surface area contributed by atoms with E-state index in [2.05, 4.69) is 43.2 Å². The van der Waals surface area contributed by atoms with Gasteiger partial charge in [-0.25, -0.2) is 4.79 Å². The van der Waals surface area contributed by atoms with Crippen LogP contribution in [0.5, 0.6) is 0 Å². The summed E-state index contributed by atoms with van der Waals surface area (Å²) in [4.78, 5) is 43.9. The van der Waals surface area contributed by atoms with Gasteiger partial charge >= 0.3 is 12.1 Å². The molecule has 260 valence electrons. The SMILES string of the molecule is CO[C@]1(C)C[C@@H](C)CN(C)[C@H]([C@H]2C[C@@H](NC(=O)OC(C)(C)C)C2)COC(=O)C(C)C(=O)[C@H](C)[C@H]1O[C@H]1C[C@@H](N(C)C)C[C@@H](C)O1. The molecule has 2 aliphatic heterocycles. The first-order valence-corrected chi connectivity index (χ1v) is 16.8. The third kappa shape index (κ3) is 10.1. The topological polar surface area (TPSA) is 116 Å². The Morgan fingerprint density at radius 1 is 1.07 bits per heavy atom. The van der Waals surface area contributed by atoms with Gasteiger partial charge in [0.05, 0.1) is 17.8 Å². The Kier molecular flexibility index (Phi) is 12.9. The first-order chi connectivity index (χ1) is 20.8. The molecule has 2 saturated heterocycles. The second-order valence-electron chi connectivity index (χ2n) is 15.5. The van der Waals surface area contributed by atoms with Crippen LogP contribution >= 0.6 is 0 Å². The first kappa shape index (κ1) is 37.7. The van der Waals surface area contributed by atoms with Crippen molar-refractivity contribution in [2.24, 2.45) is 23.7 Å². The molecule has 1 aliphatic carbocycles. The zero-order chi connectivity index (χ0) is 33.9. The van der Waals surface area contributed by atoms with E-state index in [1.807, 2.05) is 41.5 Å². The number of esters is 1. The smallest absolute Gasteiger partial charge is 0.407 e. The van der Waals surface area contributed by atoms with Gasteiger partial charge in [0.1, 0.15) is 18.1 Å². The highest BCUT2D eigenvalue weighted by molar-refractivity contribution is 6.00. The minimum absolute atomic E-state index is 0.00353. The highest BCUT2D eigenvalue weighted by Gasteiger charge is 2.48. The van der Waals surface area contributed by atoms with Gasteiger partial charge in [0.2, 0.25) is 0 Å². The summed E-state index contributed by atoms with van der Waals surface area (Å²) in [5.74, 6) is -1.98. The summed E-state index contributed by atoms with van der Waals surface area (Å²) in [5.41, 5.74) is -1.38. The summed E-state index contributed by atoms with van der Waals surface area (Å²) in [5, 5.41) is 2.96. The minimum atomic E-state index is -0.958. The molecule has 45 heavy (non-hydrogen) atoms. The Morgan fingerprint density at radius 2 is 1.71 bits per heavy atom. The second-order valence-corrected chi connectivity index (χ2v) is 15.5. The third-order valence-corrected chi connectivity index (χ3v) is 9.99. The normalized spacial score (nSPS) is 39.6. The number of hydrogen-bond acceptors (Lipinski definition) is 10. The van der Waals surface area contributed by atoms with Crippen molar-refractivity contribution in [1.82, 2.24) is 15.1 Å². The summed E-state index contributed by atoms with van der Waals surface area (Å²) >= 11 is 0. The number of carbonyl (C=O) groups is 3. The average Bonchev–Trinajstić information content (AvgIpc) is 2.91. The number of rotatable bonds is 6. The van der Waals surface area contributed by atoms with Gasteiger partial charge in [0.25, 0.3) is 0 Å². The number of nitrogens with one attached hydrogen (secondary N) is 1. The van der Waals surface area contributed by atoms with Gasteiger partial charge in [-0.3, -0.25) is 14.5 Å². The largest absolute Gasteiger partial charge is 0.463 e. The van der Waals surface area contributed by atoms with Crippen LogP contribution in [0.15, 0.2) is 0 Å². The van der Waals surface area contributed by atoms with Crippen molar-refractivity contribution in [3.05, 3.63) is 0 Å². The molecule has 2 heterocycles. The van der Waals surface area contributed by atoms with Crippen LogP contribution in [0.2, 0.25) is 0 Å². The molecule has 9 atom stereocenters. The zero-order valence-electron chi connectivity index (χ0n) is 29.9. The van der Waals surface area contributed by atoms with Crippen LogP contribution in [0.3, 0.4) is 0 Å². The Hall–Kier alpha value is -1.79. The summed E-state index contributed by atoms with van der Waals surface area (Å²) in [6, 6.07) is 0.232. The van der Waals surface area contributed by atoms with E-state index < -0.39 is 47.5 Å². The van der Waals surface area contributed by atoms with Crippen molar-refractivity contribution >= 4 is 17.8 Å². The fourth-order valence-electron chi connectivity index (χ4n) is 7.38. The Bertz CT molecular complexity index is 1010. The number of nitrogens with zero attached hydrogens (tertiary/aromatic N) is 2. The molecule has 1 amide bonds. The molecule has 0 aromatic heterocycles. The number of cyclic esters (lactones) is 1. The molecule has 0 aromatic carbocycles. The van der Waals surface area contributed by atoms with Gasteiger partial charge < -0.3 is 33.9 Å². The molecule has 1 saturated carbocycles. The van der Waals surface area contributed by atoms with Crippen LogP contribution in [0.1, 0.15) is 87.5 Å². The van der Waals surface area contributed by atoms with Crippen LogP contribution in [0.25, 0.3) is 0 Å². The molecule has 3 rings (SSSR count). The predicted molar refractivity (Wildman–Crippen MR) is 172 cm³/mol. The Morgan fingerprint density at radius 3 is 2.29 bits per heavy atom. The van der Waals surface area contributed by atoms with Gasteiger partial charge in [-0.2, -0.15) is 0 Å². The molecule has 0 aromatic rings. The Labute approximate surface area is 271 Å². The van der Waals surface area contributed by atoms with Crippen molar-refractivity contribution in [3.63, 3.8) is 0 Å². The summed E-state index contributed by atoms with van der Waals surface area (Å²) in [6.07, 6.45) is 2.17. The van der Waals surface area contributed by atoms with Gasteiger partial charge in [-0.15, -0.1) is 0 Å². The van der Waals surface area contributed by atoms with Crippen LogP contribution in [0, 0.1) is 23.7 Å². The minimum Gasteiger partial charge on any atom is -0.463 e. The molecule has 0 spiro atoms. The first-order valence-electron chi connectivity index (χ1n) is 16.8. The fraction of sp³-hybridized carbons (Fsp3) is 0.912. The fourth-order valence-corrected chi connectivity index (χ4v) is 7.38. The van der Waals surface area contributed by atoms with E-state index in [1.165, 1.54) is 0 Å². The van der Waals surface area contributed by atoms with Crippen LogP contribution in [0.4, 0.5) is 4.79 Å². The lowest BCUT2D eigenvalue weighted by Gasteiger charge is -2.46. The van der Waals surface area contributed by atoms with Crippen molar-refractivity contribution in [1.29, 1.82) is 0 Å². The van der Waals surface area contributed by atoms with Crippen molar-refractivity contribution < 1.29 is 38.1 Å². The standard InChI is InChI=1S/C34H61N3O8/c1-20-17-34(8,41-12)30(44-28-16-26(36(9)10)13-21(2)43-28)22(3)29(38)23(4)31(39)42-19-27(37(11)18-20)24-14-25(15-24)35-32(40)45-33(5,6)7/h20-28,30H,13-19H2,1-12H3,(H,35,40)/t20-,21-,22+,23?,24-,25+,26+,27+,28+,30-,34-/m1/s1. The van der Waals surface area contributed by atoms with E-state index in [9.17, 15) is 14.4 Å². The van der Waals surface area contributed by atoms with Gasteiger partial charge in [-0.1, -0.05) is 13.8 Å². The van der Waals surface area contributed by atoms with E-state index in [4.69, 9.17) is 23.7 Å². The maximum absolute atomic E-state index is 13.9. The molecule has 11 heteroatoms. The highest BCUT2D eigenvalue weighted by Crippen LogP contribution is 2.38. The second kappa shape index (κ2) is 15.4. The number of Topliss-reactive ketones (excluding diaryl/α,β-unsaturated/α-hetero) is 1. The zero-order valence-corrected chi connectivity index (χ0v) is 29.9. The molecule has 11 nitrogen and oxygen atoms in total. The molecule has 3 fully saturated rings. The molecule has 0 bridgehead atoms. The molecule has 1 unspecified atom stereocenters. The van der Waals surface area contributed by atoms with E-state index in [0.717, 1.165) is 25.8 Å². The number of ether oxygens (including phenoxy) is 5. The van der Waals surface area contributed by atoms with E-state index in [-0.39, 0.29) is 48.5 Å². The predicted octanol–water partition coefficient (Wildman–Crippen LogP) is 4.26. The maximum Gasteiger partial charge on any atom is 0.407 e. The lowest BCUT2D eigenvalue weighted by Crippen LogP contribution is -2.55. The van der Waals surface area contributed by atoms with Crippen molar-refractivity contribution in [2.45, 2.75) is 135 Å². The quantitative estimate of drug-likeness (QED) is 0.334. The Balaban J connectivity index is 1.81. The molecular weight excluding hydrogens is 578 g/mol. The van der Waals surface area contributed by atoms with Gasteiger partial charge in [-0.05, 0) is 100 Å². The summed E-state index contributed by atoms with van der Waals surface area (Å²) in [6.45, 7) is 16.1. The van der Waals surface area contributed by atoms with Crippen molar-refractivity contribution in [3.8, 4) is 0 Å². The molecule has 3 aliphatic rings. The summed E-state index contributed by atoms with van der Waals surface area (Å²) < 4.78 is 30.4. The molecule has 1 N–H and O–H groups in total. The summed E-state index contributed by atoms with van der Waals surface area (Å²) in [7, 11) is 7.84. The van der Waals surface area contributed by atoms with E-state index in [0.29, 0.717) is 12.8 Å². The highest BCUT2D eigenvalue weighted by atomic mass is 16.7. The lowest BCUT2D eigenvalue weighted by molar-refractivity contribution is -0.262. The van der Waals surface area contributed by atoms with Crippen molar-refractivity contribution in [2.75, 3.05) is 41.4 Å². The van der Waals surface area contributed by atoms with Gasteiger partial charge in [0.15, 0.2) is 12.1 Å².